The van der Waals surface area contributed by atoms with Gasteiger partial charge in [-0.25, -0.2) is 9.97 Å². The first-order chi connectivity index (χ1) is 6.76. The minimum Gasteiger partial charge on any atom is -0.481 e. The fourth-order valence-electron chi connectivity index (χ4n) is 0.999. The van der Waals surface area contributed by atoms with E-state index in [0.29, 0.717) is 11.6 Å². The molecule has 1 rings (SSSR count). The summed E-state index contributed by atoms with van der Waals surface area (Å²) < 4.78 is 9.61. The van der Waals surface area contributed by atoms with Crippen LogP contribution in [0.5, 0.6) is 5.88 Å². The van der Waals surface area contributed by atoms with E-state index in [4.69, 9.17) is 9.47 Å². The molecular weight excluding hydrogens is 184 g/mol. The van der Waals surface area contributed by atoms with Crippen LogP contribution in [0.25, 0.3) is 0 Å². The van der Waals surface area contributed by atoms with Crippen molar-refractivity contribution < 1.29 is 14.3 Å². The van der Waals surface area contributed by atoms with Crippen LogP contribution in [0.2, 0.25) is 0 Å². The summed E-state index contributed by atoms with van der Waals surface area (Å²) in [5, 5.41) is 0. The summed E-state index contributed by atoms with van der Waals surface area (Å²) in [6.45, 7) is 0.103. The van der Waals surface area contributed by atoms with Crippen LogP contribution < -0.4 is 4.74 Å². The molecule has 0 amide bonds. The lowest BCUT2D eigenvalue weighted by molar-refractivity contribution is -0.122. The van der Waals surface area contributed by atoms with Crippen molar-refractivity contribution >= 4 is 5.78 Å². The highest BCUT2D eigenvalue weighted by atomic mass is 16.5. The summed E-state index contributed by atoms with van der Waals surface area (Å²) in [5.74, 6) is 0.438. The van der Waals surface area contributed by atoms with E-state index in [1.54, 1.807) is 6.07 Å². The Bertz CT molecular complexity index is 315. The predicted octanol–water partition coefficient (Wildman–Crippen LogP) is 0.243. The Morgan fingerprint density at radius 1 is 1.43 bits per heavy atom. The summed E-state index contributed by atoms with van der Waals surface area (Å²) in [6.07, 6.45) is 1.61. The van der Waals surface area contributed by atoms with Crippen LogP contribution in [-0.4, -0.2) is 36.6 Å². The molecule has 0 spiro atoms. The Hall–Kier alpha value is -1.49. The molecule has 76 valence electrons. The number of ether oxygens (including phenoxy) is 2. The highest BCUT2D eigenvalue weighted by Crippen LogP contribution is 2.06. The second-order valence-corrected chi connectivity index (χ2v) is 2.70. The molecule has 1 aromatic heterocycles. The molecule has 14 heavy (non-hydrogen) atoms. The van der Waals surface area contributed by atoms with Crippen molar-refractivity contribution in [3.8, 4) is 5.88 Å². The first-order valence-corrected chi connectivity index (χ1v) is 4.12. The van der Waals surface area contributed by atoms with Gasteiger partial charge in [0, 0.05) is 13.2 Å². The Kier molecular flexibility index (Phi) is 4.00. The van der Waals surface area contributed by atoms with Crippen molar-refractivity contribution in [3.05, 3.63) is 18.1 Å². The topological polar surface area (TPSA) is 61.3 Å². The molecule has 0 aromatic carbocycles. The van der Waals surface area contributed by atoms with Crippen molar-refractivity contribution in [1.29, 1.82) is 0 Å². The lowest BCUT2D eigenvalue weighted by atomic mass is 10.2. The van der Waals surface area contributed by atoms with Gasteiger partial charge in [-0.15, -0.1) is 0 Å². The largest absolute Gasteiger partial charge is 0.481 e. The zero-order valence-electron chi connectivity index (χ0n) is 8.19. The van der Waals surface area contributed by atoms with Gasteiger partial charge in [-0.05, 0) is 0 Å². The zero-order chi connectivity index (χ0) is 10.4. The summed E-state index contributed by atoms with van der Waals surface area (Å²) in [7, 11) is 3.00. The van der Waals surface area contributed by atoms with E-state index in [1.165, 1.54) is 20.5 Å². The number of ketones is 1. The average molecular weight is 196 g/mol. The van der Waals surface area contributed by atoms with Crippen molar-refractivity contribution in [2.45, 2.75) is 6.42 Å². The standard InChI is InChI=1S/C9H12N2O3/c1-13-5-8(12)3-7-4-9(14-2)11-6-10-7/h4,6H,3,5H2,1-2H3. The first kappa shape index (κ1) is 10.6. The fraction of sp³-hybridized carbons (Fsp3) is 0.444. The number of rotatable bonds is 5. The van der Waals surface area contributed by atoms with Crippen LogP contribution in [0.1, 0.15) is 5.69 Å². The molecule has 1 aromatic rings. The van der Waals surface area contributed by atoms with Gasteiger partial charge in [0.1, 0.15) is 12.9 Å². The van der Waals surface area contributed by atoms with Crippen LogP contribution in [0.4, 0.5) is 0 Å². The highest BCUT2D eigenvalue weighted by molar-refractivity contribution is 5.81. The lowest BCUT2D eigenvalue weighted by Crippen LogP contribution is -2.10. The molecular formula is C9H12N2O3. The summed E-state index contributed by atoms with van der Waals surface area (Å²) in [5.41, 5.74) is 0.638. The van der Waals surface area contributed by atoms with E-state index < -0.39 is 0 Å². The van der Waals surface area contributed by atoms with Gasteiger partial charge in [0.25, 0.3) is 0 Å². The Balaban J connectivity index is 2.62. The summed E-state index contributed by atoms with van der Waals surface area (Å²) in [6, 6.07) is 1.63. The Labute approximate surface area is 82.1 Å². The van der Waals surface area contributed by atoms with E-state index in [-0.39, 0.29) is 18.8 Å². The van der Waals surface area contributed by atoms with E-state index in [2.05, 4.69) is 9.97 Å². The molecule has 0 saturated heterocycles. The third-order valence-corrected chi connectivity index (χ3v) is 1.59. The number of methoxy groups -OCH3 is 2. The molecule has 0 unspecified atom stereocenters. The van der Waals surface area contributed by atoms with Gasteiger partial charge in [-0.3, -0.25) is 4.79 Å². The van der Waals surface area contributed by atoms with Crippen LogP contribution in [0, 0.1) is 0 Å². The number of hydrogen-bond acceptors (Lipinski definition) is 5. The minimum absolute atomic E-state index is 0.0201. The van der Waals surface area contributed by atoms with Crippen molar-refractivity contribution in [2.24, 2.45) is 0 Å². The lowest BCUT2D eigenvalue weighted by Gasteiger charge is -2.01. The average Bonchev–Trinajstić information content (AvgIpc) is 2.18. The number of Topliss-reactive ketones (excluding diaryl/α,β-unsaturated/α-hetero) is 1. The van der Waals surface area contributed by atoms with Gasteiger partial charge in [0.05, 0.1) is 19.2 Å². The molecule has 0 bridgehead atoms. The predicted molar refractivity (Wildman–Crippen MR) is 49.2 cm³/mol. The van der Waals surface area contributed by atoms with E-state index in [9.17, 15) is 4.79 Å². The molecule has 0 aliphatic heterocycles. The number of aromatic nitrogens is 2. The highest BCUT2D eigenvalue weighted by Gasteiger charge is 2.05. The fourth-order valence-corrected chi connectivity index (χ4v) is 0.999. The molecule has 5 nitrogen and oxygen atoms in total. The Morgan fingerprint density at radius 3 is 2.86 bits per heavy atom. The van der Waals surface area contributed by atoms with Gasteiger partial charge in [0.2, 0.25) is 5.88 Å². The van der Waals surface area contributed by atoms with Crippen LogP contribution in [0.3, 0.4) is 0 Å². The number of hydrogen-bond donors (Lipinski definition) is 0. The normalized spacial score (nSPS) is 9.86. The number of nitrogens with zero attached hydrogens (tertiary/aromatic N) is 2. The second-order valence-electron chi connectivity index (χ2n) is 2.70. The van der Waals surface area contributed by atoms with Gasteiger partial charge in [-0.2, -0.15) is 0 Å². The SMILES string of the molecule is COCC(=O)Cc1cc(OC)ncn1. The first-order valence-electron chi connectivity index (χ1n) is 4.12. The van der Waals surface area contributed by atoms with Crippen LogP contribution in [-0.2, 0) is 16.0 Å². The van der Waals surface area contributed by atoms with Gasteiger partial charge >= 0.3 is 0 Å². The maximum absolute atomic E-state index is 11.2. The summed E-state index contributed by atoms with van der Waals surface area (Å²) >= 11 is 0. The molecule has 0 fully saturated rings. The van der Waals surface area contributed by atoms with Crippen LogP contribution in [0.15, 0.2) is 12.4 Å². The van der Waals surface area contributed by atoms with E-state index in [0.717, 1.165) is 0 Å². The monoisotopic (exact) mass is 196 g/mol. The third-order valence-electron chi connectivity index (χ3n) is 1.59. The second kappa shape index (κ2) is 5.29. The molecule has 0 N–H and O–H groups in total. The molecule has 0 aliphatic rings. The van der Waals surface area contributed by atoms with Crippen molar-refractivity contribution in [1.82, 2.24) is 9.97 Å². The zero-order valence-corrected chi connectivity index (χ0v) is 8.19. The molecule has 0 saturated carbocycles. The molecule has 5 heteroatoms. The molecule has 0 atom stereocenters. The van der Waals surface area contributed by atoms with Crippen molar-refractivity contribution in [2.75, 3.05) is 20.8 Å². The van der Waals surface area contributed by atoms with E-state index >= 15 is 0 Å². The minimum atomic E-state index is -0.0201. The number of carbonyl (C=O) groups excluding carboxylic acids is 1. The maximum atomic E-state index is 11.2. The van der Waals surface area contributed by atoms with Crippen molar-refractivity contribution in [3.63, 3.8) is 0 Å². The number of carbonyl (C=O) groups is 1. The maximum Gasteiger partial charge on any atom is 0.216 e. The smallest absolute Gasteiger partial charge is 0.216 e. The molecule has 0 aliphatic carbocycles. The van der Waals surface area contributed by atoms with Gasteiger partial charge in [0.15, 0.2) is 5.78 Å². The van der Waals surface area contributed by atoms with Crippen LogP contribution >= 0.6 is 0 Å². The van der Waals surface area contributed by atoms with E-state index in [1.807, 2.05) is 0 Å². The summed E-state index contributed by atoms with van der Waals surface area (Å²) in [4.78, 5) is 19.0. The molecule has 0 radical (unpaired) electrons. The quantitative estimate of drug-likeness (QED) is 0.675. The third kappa shape index (κ3) is 3.10. The Morgan fingerprint density at radius 2 is 2.21 bits per heavy atom. The molecule has 1 heterocycles. The van der Waals surface area contributed by atoms with Gasteiger partial charge in [-0.1, -0.05) is 0 Å². The van der Waals surface area contributed by atoms with Gasteiger partial charge < -0.3 is 9.47 Å².